The Kier molecular flexibility index (Phi) is 6.56. The number of nitrogens with one attached hydrogen (secondary N) is 1. The van der Waals surface area contributed by atoms with Crippen molar-refractivity contribution in [2.75, 3.05) is 18.5 Å². The highest BCUT2D eigenvalue weighted by molar-refractivity contribution is 9.10. The van der Waals surface area contributed by atoms with Crippen molar-refractivity contribution in [3.63, 3.8) is 0 Å². The summed E-state index contributed by atoms with van der Waals surface area (Å²) in [5.74, 6) is -1.20. The lowest BCUT2D eigenvalue weighted by molar-refractivity contribution is -0.119. The Morgan fingerprint density at radius 1 is 1.29 bits per heavy atom. The summed E-state index contributed by atoms with van der Waals surface area (Å²) in [4.78, 5) is 37.7. The van der Waals surface area contributed by atoms with Gasteiger partial charge >= 0.3 is 11.9 Å². The van der Waals surface area contributed by atoms with Gasteiger partial charge in [0.1, 0.15) is 5.00 Å². The number of hydrogen-bond donors (Lipinski definition) is 1. The number of amides is 1. The molecule has 1 N–H and O–H groups in total. The largest absolute Gasteiger partial charge is 0.462 e. The van der Waals surface area contributed by atoms with Crippen LogP contribution < -0.4 is 5.32 Å². The molecule has 1 aliphatic carbocycles. The zero-order valence-corrected chi connectivity index (χ0v) is 17.9. The van der Waals surface area contributed by atoms with E-state index in [1.54, 1.807) is 13.0 Å². The Morgan fingerprint density at radius 2 is 2.07 bits per heavy atom. The number of esters is 2. The summed E-state index contributed by atoms with van der Waals surface area (Å²) in [5.41, 5.74) is 1.37. The van der Waals surface area contributed by atoms with E-state index < -0.39 is 24.5 Å². The van der Waals surface area contributed by atoms with Gasteiger partial charge in [-0.1, -0.05) is 6.92 Å². The van der Waals surface area contributed by atoms with Crippen molar-refractivity contribution in [3.8, 4) is 0 Å². The molecule has 1 atom stereocenters. The Labute approximate surface area is 174 Å². The molecule has 0 aromatic carbocycles. The molecule has 0 saturated carbocycles. The van der Waals surface area contributed by atoms with Gasteiger partial charge in [-0.15, -0.1) is 11.3 Å². The van der Waals surface area contributed by atoms with Crippen LogP contribution in [0.2, 0.25) is 0 Å². The molecule has 0 aliphatic heterocycles. The van der Waals surface area contributed by atoms with Crippen molar-refractivity contribution < 1.29 is 28.3 Å². The molecule has 0 bridgehead atoms. The number of halogens is 1. The molecule has 0 saturated heterocycles. The van der Waals surface area contributed by atoms with Gasteiger partial charge in [-0.3, -0.25) is 4.79 Å². The number of carbonyl (C=O) groups is 3. The fourth-order valence-electron chi connectivity index (χ4n) is 3.05. The van der Waals surface area contributed by atoms with Crippen molar-refractivity contribution in [2.24, 2.45) is 5.92 Å². The summed E-state index contributed by atoms with van der Waals surface area (Å²) in [6.45, 7) is 3.67. The molecule has 1 amide bonds. The van der Waals surface area contributed by atoms with Crippen LogP contribution >= 0.6 is 27.3 Å². The van der Waals surface area contributed by atoms with Crippen LogP contribution in [0.5, 0.6) is 0 Å². The third-order valence-corrected chi connectivity index (χ3v) is 5.95. The maximum atomic E-state index is 12.4. The molecule has 2 heterocycles. The molecule has 28 heavy (non-hydrogen) atoms. The number of ether oxygens (including phenoxy) is 2. The van der Waals surface area contributed by atoms with Crippen LogP contribution in [-0.2, 0) is 27.1 Å². The van der Waals surface area contributed by atoms with E-state index in [1.165, 1.54) is 17.4 Å². The number of hydrogen-bond acceptors (Lipinski definition) is 7. The number of furan rings is 1. The zero-order valence-electron chi connectivity index (χ0n) is 15.5. The van der Waals surface area contributed by atoms with E-state index in [0.29, 0.717) is 21.2 Å². The molecule has 1 aliphatic rings. The minimum absolute atomic E-state index is 0.00698. The van der Waals surface area contributed by atoms with Gasteiger partial charge in [-0.25, -0.2) is 9.59 Å². The highest BCUT2D eigenvalue weighted by atomic mass is 79.9. The van der Waals surface area contributed by atoms with Crippen molar-refractivity contribution in [2.45, 2.75) is 33.1 Å². The fraction of sp³-hybridized carbons (Fsp3) is 0.421. The average Bonchev–Trinajstić information content (AvgIpc) is 3.22. The van der Waals surface area contributed by atoms with E-state index in [9.17, 15) is 14.4 Å². The molecule has 0 unspecified atom stereocenters. The van der Waals surface area contributed by atoms with E-state index in [-0.39, 0.29) is 12.4 Å². The molecule has 3 rings (SSSR count). The second kappa shape index (κ2) is 8.91. The molecule has 0 fully saturated rings. The molecule has 2 aromatic rings. The van der Waals surface area contributed by atoms with E-state index in [1.807, 2.05) is 0 Å². The van der Waals surface area contributed by atoms with Crippen LogP contribution in [0.15, 0.2) is 21.2 Å². The summed E-state index contributed by atoms with van der Waals surface area (Å²) in [6, 6.07) is 3.00. The average molecular weight is 470 g/mol. The number of carbonyl (C=O) groups excluding carboxylic acids is 3. The lowest BCUT2D eigenvalue weighted by atomic mass is 9.88. The molecule has 2 aromatic heterocycles. The number of anilines is 1. The van der Waals surface area contributed by atoms with Crippen molar-refractivity contribution >= 4 is 50.1 Å². The molecule has 0 radical (unpaired) electrons. The Bertz CT molecular complexity index is 902. The minimum Gasteiger partial charge on any atom is -0.462 e. The van der Waals surface area contributed by atoms with Gasteiger partial charge in [0.25, 0.3) is 5.91 Å². The van der Waals surface area contributed by atoms with Gasteiger partial charge in [-0.2, -0.15) is 0 Å². The van der Waals surface area contributed by atoms with Crippen LogP contribution in [0.25, 0.3) is 0 Å². The van der Waals surface area contributed by atoms with Crippen LogP contribution in [0.4, 0.5) is 5.00 Å². The first kappa shape index (κ1) is 20.6. The lowest BCUT2D eigenvalue weighted by Gasteiger charge is -2.18. The second-order valence-electron chi connectivity index (χ2n) is 6.50. The Balaban J connectivity index is 1.71. The number of rotatable bonds is 6. The highest BCUT2D eigenvalue weighted by Crippen LogP contribution is 2.40. The highest BCUT2D eigenvalue weighted by Gasteiger charge is 2.29. The predicted octanol–water partition coefficient (Wildman–Crippen LogP) is 4.20. The van der Waals surface area contributed by atoms with Gasteiger partial charge in [0.2, 0.25) is 5.76 Å². The zero-order chi connectivity index (χ0) is 20.3. The first-order valence-electron chi connectivity index (χ1n) is 8.93. The maximum Gasteiger partial charge on any atom is 0.374 e. The maximum absolute atomic E-state index is 12.4. The third-order valence-electron chi connectivity index (χ3n) is 4.35. The molecule has 7 nitrogen and oxygen atoms in total. The second-order valence-corrected chi connectivity index (χ2v) is 8.39. The van der Waals surface area contributed by atoms with Gasteiger partial charge < -0.3 is 19.2 Å². The van der Waals surface area contributed by atoms with Crippen LogP contribution in [0, 0.1) is 5.92 Å². The quantitative estimate of drug-likeness (QED) is 0.636. The van der Waals surface area contributed by atoms with Crippen molar-refractivity contribution in [3.05, 3.63) is 38.6 Å². The monoisotopic (exact) mass is 469 g/mol. The van der Waals surface area contributed by atoms with E-state index in [2.05, 4.69) is 28.2 Å². The molecule has 150 valence electrons. The van der Waals surface area contributed by atoms with E-state index in [0.717, 1.165) is 29.7 Å². The van der Waals surface area contributed by atoms with E-state index in [4.69, 9.17) is 13.9 Å². The van der Waals surface area contributed by atoms with Crippen LogP contribution in [0.1, 0.15) is 51.6 Å². The molecule has 0 spiro atoms. The molecular weight excluding hydrogens is 450 g/mol. The summed E-state index contributed by atoms with van der Waals surface area (Å²) < 4.78 is 15.6. The van der Waals surface area contributed by atoms with Crippen molar-refractivity contribution in [1.82, 2.24) is 0 Å². The summed E-state index contributed by atoms with van der Waals surface area (Å²) >= 11 is 4.48. The minimum atomic E-state index is -0.745. The molecule has 9 heteroatoms. The summed E-state index contributed by atoms with van der Waals surface area (Å²) in [7, 11) is 0. The topological polar surface area (TPSA) is 94.8 Å². The van der Waals surface area contributed by atoms with Crippen molar-refractivity contribution in [1.29, 1.82) is 0 Å². The summed E-state index contributed by atoms with van der Waals surface area (Å²) in [5, 5.41) is 3.14. The Hall–Kier alpha value is -2.13. The third kappa shape index (κ3) is 4.64. The lowest BCUT2D eigenvalue weighted by Crippen LogP contribution is -2.22. The molecular formula is C19H20BrNO6S. The van der Waals surface area contributed by atoms with Gasteiger partial charge in [-0.05, 0) is 65.7 Å². The normalized spacial score (nSPS) is 15.6. The number of thiophene rings is 1. The smallest absolute Gasteiger partial charge is 0.374 e. The first-order chi connectivity index (χ1) is 13.4. The van der Waals surface area contributed by atoms with Crippen LogP contribution in [0.3, 0.4) is 0 Å². The van der Waals surface area contributed by atoms with Gasteiger partial charge in [0.15, 0.2) is 11.3 Å². The van der Waals surface area contributed by atoms with Crippen LogP contribution in [-0.4, -0.2) is 31.1 Å². The Morgan fingerprint density at radius 3 is 2.75 bits per heavy atom. The van der Waals surface area contributed by atoms with E-state index >= 15 is 0 Å². The fourth-order valence-corrected chi connectivity index (χ4v) is 4.77. The summed E-state index contributed by atoms with van der Waals surface area (Å²) in [6.07, 6.45) is 2.63. The standard InChI is InChI=1S/C19H20BrNO6S/c1-3-25-19(24)16-11-5-4-10(2)8-13(11)28-17(16)21-15(22)9-26-18(23)12-6-7-14(20)27-12/h6-7,10H,3-5,8-9H2,1-2H3,(H,21,22)/t10-/m0/s1. The number of fused-ring (bicyclic) bond motifs is 1. The first-order valence-corrected chi connectivity index (χ1v) is 10.5. The SMILES string of the molecule is CCOC(=O)c1c(NC(=O)COC(=O)c2ccc(Br)o2)sc2c1CC[C@H](C)C2. The predicted molar refractivity (Wildman–Crippen MR) is 107 cm³/mol. The van der Waals surface area contributed by atoms with Gasteiger partial charge in [0, 0.05) is 4.88 Å². The van der Waals surface area contributed by atoms with Gasteiger partial charge in [0.05, 0.1) is 12.2 Å².